The molecule has 1 aromatic rings. The van der Waals surface area contributed by atoms with Gasteiger partial charge in [-0.2, -0.15) is 0 Å². The van der Waals surface area contributed by atoms with Gasteiger partial charge in [0, 0.05) is 0 Å². The summed E-state index contributed by atoms with van der Waals surface area (Å²) in [5.74, 6) is -0.737. The summed E-state index contributed by atoms with van der Waals surface area (Å²) in [5, 5.41) is 9.97. The molecule has 0 aromatic heterocycles. The Hall–Kier alpha value is -1.61. The van der Waals surface area contributed by atoms with E-state index in [-0.39, 0.29) is 0 Å². The smallest absolute Gasteiger partial charge is 0.346 e. The van der Waals surface area contributed by atoms with Crippen LogP contribution in [0.4, 0.5) is 0 Å². The van der Waals surface area contributed by atoms with Crippen LogP contribution in [0, 0.1) is 0 Å². The first kappa shape index (κ1) is 10.5. The summed E-state index contributed by atoms with van der Waals surface area (Å²) in [7, 11) is 1.22. The molecule has 1 rings (SSSR count). The molecule has 0 saturated heterocycles. The van der Waals surface area contributed by atoms with Crippen LogP contribution in [0.1, 0.15) is 5.56 Å². The van der Waals surface area contributed by atoms with E-state index in [1.807, 2.05) is 0 Å². The Morgan fingerprint density at radius 1 is 1.50 bits per heavy atom. The minimum absolute atomic E-state index is 0.446. The van der Waals surface area contributed by atoms with E-state index in [0.29, 0.717) is 5.56 Å². The molecule has 1 N–H and O–H groups in total. The molecule has 1 unspecified atom stereocenters. The summed E-state index contributed by atoms with van der Waals surface area (Å²) in [6, 6.07) is 8.53. The highest BCUT2D eigenvalue weighted by Crippen LogP contribution is 2.23. The van der Waals surface area contributed by atoms with E-state index in [1.54, 1.807) is 30.3 Å². The standard InChI is InChI=1S/C11H12O3/c1-3-11(13,10(12)14-2)9-7-5-4-6-8-9/h3-8,13H,1H2,2H3. The maximum absolute atomic E-state index is 11.3. The van der Waals surface area contributed by atoms with Gasteiger partial charge in [-0.3, -0.25) is 0 Å². The van der Waals surface area contributed by atoms with Gasteiger partial charge < -0.3 is 9.84 Å². The van der Waals surface area contributed by atoms with Gasteiger partial charge in [-0.1, -0.05) is 36.9 Å². The number of aliphatic hydroxyl groups is 1. The molecule has 3 nitrogen and oxygen atoms in total. The Balaban J connectivity index is 3.14. The van der Waals surface area contributed by atoms with Crippen LogP contribution in [0.5, 0.6) is 0 Å². The number of benzene rings is 1. The van der Waals surface area contributed by atoms with Gasteiger partial charge in [0.05, 0.1) is 7.11 Å². The molecule has 74 valence electrons. The Morgan fingerprint density at radius 2 is 2.07 bits per heavy atom. The molecule has 0 amide bonds. The molecule has 0 bridgehead atoms. The summed E-state index contributed by atoms with van der Waals surface area (Å²) in [6.45, 7) is 3.43. The zero-order chi connectivity index (χ0) is 10.6. The highest BCUT2D eigenvalue weighted by molar-refractivity contribution is 5.83. The largest absolute Gasteiger partial charge is 0.466 e. The fraction of sp³-hybridized carbons (Fsp3) is 0.182. The van der Waals surface area contributed by atoms with E-state index in [1.165, 1.54) is 7.11 Å². The van der Waals surface area contributed by atoms with Gasteiger partial charge >= 0.3 is 5.97 Å². The molecule has 0 radical (unpaired) electrons. The molecule has 3 heteroatoms. The van der Waals surface area contributed by atoms with Crippen LogP contribution >= 0.6 is 0 Å². The van der Waals surface area contributed by atoms with Gasteiger partial charge in [0.2, 0.25) is 5.60 Å². The van der Waals surface area contributed by atoms with Gasteiger partial charge in [0.1, 0.15) is 0 Å². The maximum Gasteiger partial charge on any atom is 0.346 e. The molecular formula is C11H12O3. The van der Waals surface area contributed by atoms with Crippen molar-refractivity contribution in [1.29, 1.82) is 0 Å². The summed E-state index contributed by atoms with van der Waals surface area (Å²) in [5.41, 5.74) is -1.31. The van der Waals surface area contributed by atoms with Crippen LogP contribution in [-0.2, 0) is 15.1 Å². The van der Waals surface area contributed by atoms with Crippen molar-refractivity contribution in [1.82, 2.24) is 0 Å². The lowest BCUT2D eigenvalue weighted by atomic mass is 9.94. The number of hydrogen-bond donors (Lipinski definition) is 1. The minimum atomic E-state index is -1.75. The van der Waals surface area contributed by atoms with Crippen LogP contribution in [-0.4, -0.2) is 18.2 Å². The third-order valence-electron chi connectivity index (χ3n) is 2.01. The van der Waals surface area contributed by atoms with Crippen LogP contribution in [0.3, 0.4) is 0 Å². The Labute approximate surface area is 82.6 Å². The lowest BCUT2D eigenvalue weighted by Gasteiger charge is -2.21. The number of esters is 1. The highest BCUT2D eigenvalue weighted by atomic mass is 16.5. The van der Waals surface area contributed by atoms with Crippen molar-refractivity contribution in [3.8, 4) is 0 Å². The summed E-state index contributed by atoms with van der Waals surface area (Å²) >= 11 is 0. The third-order valence-corrected chi connectivity index (χ3v) is 2.01. The highest BCUT2D eigenvalue weighted by Gasteiger charge is 2.35. The van der Waals surface area contributed by atoms with E-state index in [0.717, 1.165) is 6.08 Å². The molecule has 1 atom stereocenters. The second kappa shape index (κ2) is 4.07. The molecular weight excluding hydrogens is 180 g/mol. The van der Waals surface area contributed by atoms with Crippen molar-refractivity contribution in [3.05, 3.63) is 48.6 Å². The summed E-state index contributed by atoms with van der Waals surface area (Å²) in [4.78, 5) is 11.3. The van der Waals surface area contributed by atoms with Crippen molar-refractivity contribution in [3.63, 3.8) is 0 Å². The molecule has 0 saturated carbocycles. The lowest BCUT2D eigenvalue weighted by molar-refractivity contribution is -0.158. The number of rotatable bonds is 3. The van der Waals surface area contributed by atoms with Crippen molar-refractivity contribution < 1.29 is 14.6 Å². The van der Waals surface area contributed by atoms with Crippen LogP contribution in [0.2, 0.25) is 0 Å². The van der Waals surface area contributed by atoms with Crippen molar-refractivity contribution in [2.24, 2.45) is 0 Å². The molecule has 14 heavy (non-hydrogen) atoms. The average molecular weight is 192 g/mol. The van der Waals surface area contributed by atoms with E-state index < -0.39 is 11.6 Å². The van der Waals surface area contributed by atoms with Gasteiger partial charge in [0.15, 0.2) is 0 Å². The first-order chi connectivity index (χ1) is 6.65. The topological polar surface area (TPSA) is 46.5 Å². The lowest BCUT2D eigenvalue weighted by Crippen LogP contribution is -2.34. The molecule has 0 aliphatic heterocycles. The van der Waals surface area contributed by atoms with E-state index in [4.69, 9.17) is 0 Å². The van der Waals surface area contributed by atoms with Crippen LogP contribution in [0.25, 0.3) is 0 Å². The number of ether oxygens (including phenoxy) is 1. The molecule has 0 aliphatic rings. The van der Waals surface area contributed by atoms with Gasteiger partial charge in [-0.25, -0.2) is 4.79 Å². The summed E-state index contributed by atoms with van der Waals surface area (Å²) in [6.07, 6.45) is 1.16. The maximum atomic E-state index is 11.3. The van der Waals surface area contributed by atoms with Crippen LogP contribution < -0.4 is 0 Å². The Kier molecular flexibility index (Phi) is 3.04. The van der Waals surface area contributed by atoms with Gasteiger partial charge in [-0.15, -0.1) is 0 Å². The average Bonchev–Trinajstić information content (AvgIpc) is 2.28. The predicted octanol–water partition coefficient (Wildman–Crippen LogP) is 1.23. The fourth-order valence-corrected chi connectivity index (χ4v) is 1.17. The number of hydrogen-bond acceptors (Lipinski definition) is 3. The number of methoxy groups -OCH3 is 1. The second-order valence-electron chi connectivity index (χ2n) is 2.83. The second-order valence-corrected chi connectivity index (χ2v) is 2.83. The van der Waals surface area contributed by atoms with Crippen molar-refractivity contribution >= 4 is 5.97 Å². The number of carbonyl (C=O) groups excluding carboxylic acids is 1. The third kappa shape index (κ3) is 1.67. The predicted molar refractivity (Wildman–Crippen MR) is 52.6 cm³/mol. The summed E-state index contributed by atoms with van der Waals surface area (Å²) < 4.78 is 4.50. The van der Waals surface area contributed by atoms with Crippen molar-refractivity contribution in [2.45, 2.75) is 5.60 Å². The van der Waals surface area contributed by atoms with Gasteiger partial charge in [-0.05, 0) is 11.6 Å². The fourth-order valence-electron chi connectivity index (χ4n) is 1.17. The quantitative estimate of drug-likeness (QED) is 0.578. The molecule has 0 heterocycles. The SMILES string of the molecule is C=CC(O)(C(=O)OC)c1ccccc1. The minimum Gasteiger partial charge on any atom is -0.466 e. The van der Waals surface area contributed by atoms with Gasteiger partial charge in [0.25, 0.3) is 0 Å². The Bertz CT molecular complexity index is 332. The normalized spacial score (nSPS) is 14.1. The van der Waals surface area contributed by atoms with Crippen molar-refractivity contribution in [2.75, 3.05) is 7.11 Å². The zero-order valence-electron chi connectivity index (χ0n) is 7.93. The molecule has 0 aliphatic carbocycles. The van der Waals surface area contributed by atoms with Crippen LogP contribution in [0.15, 0.2) is 43.0 Å². The number of carbonyl (C=O) groups is 1. The monoisotopic (exact) mass is 192 g/mol. The van der Waals surface area contributed by atoms with E-state index >= 15 is 0 Å². The molecule has 1 aromatic carbocycles. The zero-order valence-corrected chi connectivity index (χ0v) is 7.93. The molecule has 0 spiro atoms. The van der Waals surface area contributed by atoms with E-state index in [2.05, 4.69) is 11.3 Å². The molecule has 0 fully saturated rings. The first-order valence-electron chi connectivity index (χ1n) is 4.15. The first-order valence-corrected chi connectivity index (χ1v) is 4.15. The Morgan fingerprint density at radius 3 is 2.50 bits per heavy atom. The van der Waals surface area contributed by atoms with E-state index in [9.17, 15) is 9.90 Å².